The maximum atomic E-state index is 9.83. The number of hydrogen-bond donors (Lipinski definition) is 3. The molecule has 2 aromatic carbocycles. The van der Waals surface area contributed by atoms with E-state index in [4.69, 9.17) is 10.5 Å². The zero-order chi connectivity index (χ0) is 15.6. The molecule has 0 saturated carbocycles. The number of para-hydroxylation sites is 1. The van der Waals surface area contributed by atoms with Gasteiger partial charge in [0.25, 0.3) is 0 Å². The van der Waals surface area contributed by atoms with Gasteiger partial charge in [-0.15, -0.1) is 24.0 Å². The molecule has 0 bridgehead atoms. The van der Waals surface area contributed by atoms with Gasteiger partial charge in [0.15, 0.2) is 5.96 Å². The van der Waals surface area contributed by atoms with Gasteiger partial charge in [-0.05, 0) is 17.7 Å². The summed E-state index contributed by atoms with van der Waals surface area (Å²) < 4.78 is 5.45. The molecule has 0 amide bonds. The van der Waals surface area contributed by atoms with Crippen molar-refractivity contribution >= 4 is 35.6 Å². The Balaban J connectivity index is 0.00000264. The second kappa shape index (κ2) is 11.0. The highest BCUT2D eigenvalue weighted by Crippen LogP contribution is 2.04. The van der Waals surface area contributed by atoms with Crippen LogP contribution in [-0.4, -0.2) is 30.3 Å². The monoisotopic (exact) mass is 427 g/mol. The summed E-state index contributed by atoms with van der Waals surface area (Å²) >= 11 is 0. The minimum atomic E-state index is -0.681. The molecule has 0 heterocycles. The minimum Gasteiger partial charge on any atom is -0.389 e. The molecule has 0 radical (unpaired) electrons. The Hall–Kier alpha value is -1.64. The summed E-state index contributed by atoms with van der Waals surface area (Å²) in [6, 6.07) is 19.3. The Morgan fingerprint density at radius 3 is 2.35 bits per heavy atom. The van der Waals surface area contributed by atoms with E-state index in [-0.39, 0.29) is 43.1 Å². The topological polar surface area (TPSA) is 79.9 Å². The first-order valence-corrected chi connectivity index (χ1v) is 7.16. The van der Waals surface area contributed by atoms with E-state index in [1.165, 1.54) is 0 Å². The van der Waals surface area contributed by atoms with Crippen LogP contribution in [0.25, 0.3) is 0 Å². The first-order chi connectivity index (χ1) is 10.7. The fourth-order valence-corrected chi connectivity index (χ4v) is 1.85. The second-order valence-corrected chi connectivity index (χ2v) is 4.87. The van der Waals surface area contributed by atoms with Crippen molar-refractivity contribution in [1.29, 1.82) is 0 Å². The molecule has 0 aliphatic carbocycles. The molecule has 1 atom stereocenters. The molecule has 2 rings (SSSR count). The Morgan fingerprint density at radius 2 is 1.70 bits per heavy atom. The number of benzene rings is 2. The van der Waals surface area contributed by atoms with Crippen molar-refractivity contribution < 1.29 is 9.84 Å². The quantitative estimate of drug-likeness (QED) is 0.361. The molecule has 5 nitrogen and oxygen atoms in total. The third-order valence-corrected chi connectivity index (χ3v) is 2.94. The van der Waals surface area contributed by atoms with Crippen LogP contribution in [0.4, 0.5) is 5.69 Å². The first kappa shape index (κ1) is 19.4. The van der Waals surface area contributed by atoms with Gasteiger partial charge in [0.05, 0.1) is 25.9 Å². The van der Waals surface area contributed by atoms with Crippen molar-refractivity contribution in [3.05, 3.63) is 66.2 Å². The van der Waals surface area contributed by atoms with E-state index < -0.39 is 6.10 Å². The molecule has 4 N–H and O–H groups in total. The molecule has 2 aromatic rings. The number of guanidine groups is 1. The zero-order valence-electron chi connectivity index (χ0n) is 12.8. The highest BCUT2D eigenvalue weighted by Gasteiger charge is 2.04. The van der Waals surface area contributed by atoms with E-state index in [0.717, 1.165) is 11.3 Å². The Kier molecular flexibility index (Phi) is 9.27. The number of ether oxygens (including phenoxy) is 1. The maximum absolute atomic E-state index is 9.83. The zero-order valence-corrected chi connectivity index (χ0v) is 15.1. The summed E-state index contributed by atoms with van der Waals surface area (Å²) in [5.74, 6) is 0.272. The van der Waals surface area contributed by atoms with Crippen molar-refractivity contribution in [1.82, 2.24) is 0 Å². The smallest absolute Gasteiger partial charge is 0.193 e. The Morgan fingerprint density at radius 1 is 1.09 bits per heavy atom. The summed E-state index contributed by atoms with van der Waals surface area (Å²) in [7, 11) is 0. The highest BCUT2D eigenvalue weighted by atomic mass is 127. The predicted octanol–water partition coefficient (Wildman–Crippen LogP) is 2.61. The summed E-state index contributed by atoms with van der Waals surface area (Å²) in [5, 5.41) is 12.8. The highest BCUT2D eigenvalue weighted by molar-refractivity contribution is 14.0. The lowest BCUT2D eigenvalue weighted by molar-refractivity contribution is 0.0331. The van der Waals surface area contributed by atoms with Crippen LogP contribution in [0, 0.1) is 0 Å². The van der Waals surface area contributed by atoms with E-state index in [0.29, 0.717) is 6.61 Å². The maximum Gasteiger partial charge on any atom is 0.193 e. The van der Waals surface area contributed by atoms with Crippen LogP contribution in [0.3, 0.4) is 0 Å². The predicted molar refractivity (Wildman–Crippen MR) is 104 cm³/mol. The molecule has 1 unspecified atom stereocenters. The molecule has 0 fully saturated rings. The number of rotatable bonds is 7. The molecule has 124 valence electrons. The molecule has 0 aromatic heterocycles. The van der Waals surface area contributed by atoms with Crippen LogP contribution in [0.15, 0.2) is 65.7 Å². The summed E-state index contributed by atoms with van der Waals surface area (Å²) in [5.41, 5.74) is 7.69. The third kappa shape index (κ3) is 7.96. The van der Waals surface area contributed by atoms with E-state index >= 15 is 0 Å². The van der Waals surface area contributed by atoms with Gasteiger partial charge in [0.1, 0.15) is 0 Å². The lowest BCUT2D eigenvalue weighted by Gasteiger charge is -2.10. The van der Waals surface area contributed by atoms with Crippen molar-refractivity contribution in [3.63, 3.8) is 0 Å². The second-order valence-electron chi connectivity index (χ2n) is 4.87. The SMILES string of the molecule is I.NC(=NCC(O)COCc1ccccc1)Nc1ccccc1. The van der Waals surface area contributed by atoms with Gasteiger partial charge in [-0.3, -0.25) is 4.99 Å². The lowest BCUT2D eigenvalue weighted by atomic mass is 10.2. The lowest BCUT2D eigenvalue weighted by Crippen LogP contribution is -2.26. The largest absolute Gasteiger partial charge is 0.389 e. The van der Waals surface area contributed by atoms with E-state index in [2.05, 4.69) is 10.3 Å². The standard InChI is InChI=1S/C17H21N3O2.HI/c18-17(20-15-9-5-2-6-10-15)19-11-16(21)13-22-12-14-7-3-1-4-8-14;/h1-10,16,21H,11-13H2,(H3,18,19,20);1H. The van der Waals surface area contributed by atoms with E-state index in [9.17, 15) is 5.11 Å². The number of nitrogens with zero attached hydrogens (tertiary/aromatic N) is 1. The number of aliphatic imine (C=N–C) groups is 1. The fourth-order valence-electron chi connectivity index (χ4n) is 1.85. The van der Waals surface area contributed by atoms with Gasteiger partial charge >= 0.3 is 0 Å². The molecule has 0 spiro atoms. The summed E-state index contributed by atoms with van der Waals surface area (Å²) in [4.78, 5) is 4.10. The molecule has 0 saturated heterocycles. The average molecular weight is 427 g/mol. The number of halogens is 1. The van der Waals surface area contributed by atoms with Crippen LogP contribution in [0.5, 0.6) is 0 Å². The Labute approximate surface area is 153 Å². The summed E-state index contributed by atoms with van der Waals surface area (Å²) in [6.45, 7) is 0.886. The minimum absolute atomic E-state index is 0. The van der Waals surface area contributed by atoms with Gasteiger partial charge in [-0.25, -0.2) is 0 Å². The summed E-state index contributed by atoms with van der Waals surface area (Å²) in [6.07, 6.45) is -0.681. The van der Waals surface area contributed by atoms with Crippen molar-refractivity contribution in [3.8, 4) is 0 Å². The van der Waals surface area contributed by atoms with Crippen LogP contribution in [0.1, 0.15) is 5.56 Å². The molecule has 23 heavy (non-hydrogen) atoms. The van der Waals surface area contributed by atoms with Gasteiger partial charge in [-0.2, -0.15) is 0 Å². The molecular formula is C17H22IN3O2. The third-order valence-electron chi connectivity index (χ3n) is 2.94. The number of nitrogens with two attached hydrogens (primary N) is 1. The van der Waals surface area contributed by atoms with Crippen LogP contribution < -0.4 is 11.1 Å². The van der Waals surface area contributed by atoms with Crippen LogP contribution >= 0.6 is 24.0 Å². The molecule has 0 aliphatic heterocycles. The Bertz CT molecular complexity index is 579. The number of aliphatic hydroxyl groups excluding tert-OH is 1. The molecular weight excluding hydrogens is 405 g/mol. The van der Waals surface area contributed by atoms with Crippen molar-refractivity contribution in [2.45, 2.75) is 12.7 Å². The van der Waals surface area contributed by atoms with E-state index in [1.54, 1.807) is 0 Å². The number of anilines is 1. The van der Waals surface area contributed by atoms with E-state index in [1.807, 2.05) is 60.7 Å². The molecule has 6 heteroatoms. The van der Waals surface area contributed by atoms with Gasteiger partial charge in [0.2, 0.25) is 0 Å². The average Bonchev–Trinajstić information content (AvgIpc) is 2.55. The van der Waals surface area contributed by atoms with Gasteiger partial charge in [-0.1, -0.05) is 48.5 Å². The fraction of sp³-hybridized carbons (Fsp3) is 0.235. The number of aliphatic hydroxyl groups is 1. The number of hydrogen-bond acceptors (Lipinski definition) is 3. The van der Waals surface area contributed by atoms with Crippen molar-refractivity contribution in [2.75, 3.05) is 18.5 Å². The normalized spacial score (nSPS) is 12.3. The molecule has 0 aliphatic rings. The number of nitrogens with one attached hydrogen (secondary N) is 1. The van der Waals surface area contributed by atoms with Gasteiger partial charge < -0.3 is 20.9 Å². The van der Waals surface area contributed by atoms with Crippen molar-refractivity contribution in [2.24, 2.45) is 10.7 Å². The van der Waals surface area contributed by atoms with Crippen LogP contribution in [0.2, 0.25) is 0 Å². The van der Waals surface area contributed by atoms with Crippen LogP contribution in [-0.2, 0) is 11.3 Å². The first-order valence-electron chi connectivity index (χ1n) is 7.16. The van der Waals surface area contributed by atoms with Gasteiger partial charge in [0, 0.05) is 5.69 Å².